The molecule has 3 rings (SSSR count). The summed E-state index contributed by atoms with van der Waals surface area (Å²) in [6.45, 7) is 14.4. The van der Waals surface area contributed by atoms with Crippen molar-refractivity contribution in [3.05, 3.63) is 12.2 Å². The molecule has 3 aliphatic heterocycles. The molecule has 2 saturated heterocycles. The van der Waals surface area contributed by atoms with Crippen LogP contribution >= 0.6 is 0 Å². The standard InChI is InChI=1S/C37H67N3O8/c1-12-31-26(5)35-37(6,48-35)16-14-29(41)23(2)20-27(15-19-40(11)18-13-17-38(7)8)34(25(4)30(42)22-32(43)46-31)47-36-33(44)28(39(9)10)21-24(3)45-36/h14,16,23-28,30-31,33-36,42,44H,12-13,15,17-22H2,1-11H3/b16-14+/t23-,24-,25+,26-,27+,28+,30-,31-,33-,34-,35?,36+,37+/m1/s1. The Hall–Kier alpha value is -1.44. The van der Waals surface area contributed by atoms with E-state index in [-0.39, 0.29) is 54.3 Å². The number of hydrogen-bond acceptors (Lipinski definition) is 11. The molecule has 0 bridgehead atoms. The van der Waals surface area contributed by atoms with Crippen molar-refractivity contribution < 1.29 is 38.7 Å². The third-order valence-electron chi connectivity index (χ3n) is 10.9. The predicted molar refractivity (Wildman–Crippen MR) is 186 cm³/mol. The molecule has 2 fully saturated rings. The van der Waals surface area contributed by atoms with Crippen molar-refractivity contribution >= 4 is 11.8 Å². The van der Waals surface area contributed by atoms with Crippen LogP contribution in [0.1, 0.15) is 80.1 Å². The molecular weight excluding hydrogens is 614 g/mol. The summed E-state index contributed by atoms with van der Waals surface area (Å²) in [5, 5.41) is 23.0. The number of carbonyl (C=O) groups excluding carboxylic acids is 2. The second kappa shape index (κ2) is 18.2. The number of allylic oxidation sites excluding steroid dienone is 1. The van der Waals surface area contributed by atoms with Crippen molar-refractivity contribution in [1.29, 1.82) is 0 Å². The molecule has 0 saturated carbocycles. The molecule has 0 aliphatic carbocycles. The van der Waals surface area contributed by atoms with Crippen molar-refractivity contribution in [2.45, 2.75) is 135 Å². The molecule has 11 heteroatoms. The number of rotatable bonds is 11. The lowest BCUT2D eigenvalue weighted by Gasteiger charge is -2.44. The number of epoxide rings is 1. The number of fused-ring (bicyclic) bond motifs is 1. The first-order chi connectivity index (χ1) is 22.5. The lowest BCUT2D eigenvalue weighted by atomic mass is 9.79. The Balaban J connectivity index is 1.98. The zero-order valence-electron chi connectivity index (χ0n) is 31.6. The smallest absolute Gasteiger partial charge is 0.308 e. The number of likely N-dealkylation sites (N-methyl/N-ethyl adjacent to an activating group) is 1. The number of ether oxygens (including phenoxy) is 4. The van der Waals surface area contributed by atoms with E-state index in [1.807, 2.05) is 66.6 Å². The van der Waals surface area contributed by atoms with E-state index < -0.39 is 42.1 Å². The first-order valence-electron chi connectivity index (χ1n) is 18.2. The molecule has 0 radical (unpaired) electrons. The number of aliphatic hydroxyl groups excluding tert-OH is 2. The molecule has 278 valence electrons. The summed E-state index contributed by atoms with van der Waals surface area (Å²) in [6, 6.07) is -0.171. The van der Waals surface area contributed by atoms with E-state index in [0.717, 1.165) is 26.1 Å². The number of aliphatic hydroxyl groups is 2. The van der Waals surface area contributed by atoms with Crippen molar-refractivity contribution in [3.8, 4) is 0 Å². The summed E-state index contributed by atoms with van der Waals surface area (Å²) in [7, 11) is 10.1. The Kier molecular flexibility index (Phi) is 15.5. The first kappa shape index (κ1) is 41.0. The maximum Gasteiger partial charge on any atom is 0.308 e. The number of nitrogens with zero attached hydrogens (tertiary/aromatic N) is 3. The van der Waals surface area contributed by atoms with Gasteiger partial charge in [-0.2, -0.15) is 0 Å². The van der Waals surface area contributed by atoms with Gasteiger partial charge in [0.1, 0.15) is 17.8 Å². The zero-order chi connectivity index (χ0) is 35.9. The average Bonchev–Trinajstić information content (AvgIpc) is 3.70. The van der Waals surface area contributed by atoms with E-state index in [9.17, 15) is 19.8 Å². The average molecular weight is 682 g/mol. The Morgan fingerprint density at radius 3 is 2.29 bits per heavy atom. The van der Waals surface area contributed by atoms with Crippen LogP contribution in [0.15, 0.2) is 12.2 Å². The number of carbonyl (C=O) groups is 2. The van der Waals surface area contributed by atoms with E-state index in [0.29, 0.717) is 25.7 Å². The number of esters is 1. The molecule has 3 heterocycles. The summed E-state index contributed by atoms with van der Waals surface area (Å²) in [5.41, 5.74) is -0.603. The highest BCUT2D eigenvalue weighted by molar-refractivity contribution is 5.91. The zero-order valence-corrected chi connectivity index (χ0v) is 31.6. The highest BCUT2D eigenvalue weighted by atomic mass is 16.7. The molecule has 48 heavy (non-hydrogen) atoms. The normalized spacial score (nSPS) is 41.0. The van der Waals surface area contributed by atoms with Crippen LogP contribution in [0.2, 0.25) is 0 Å². The fourth-order valence-electron chi connectivity index (χ4n) is 7.58. The van der Waals surface area contributed by atoms with Crippen molar-refractivity contribution in [2.24, 2.45) is 23.7 Å². The van der Waals surface area contributed by atoms with Gasteiger partial charge in [-0.3, -0.25) is 9.59 Å². The molecule has 2 N–H and O–H groups in total. The highest BCUT2D eigenvalue weighted by Gasteiger charge is 2.55. The van der Waals surface area contributed by atoms with Crippen molar-refractivity contribution in [3.63, 3.8) is 0 Å². The van der Waals surface area contributed by atoms with Gasteiger partial charge in [0.05, 0.1) is 30.8 Å². The topological polar surface area (TPSA) is 125 Å². The summed E-state index contributed by atoms with van der Waals surface area (Å²) in [5.74, 6) is -1.58. The minimum Gasteiger partial charge on any atom is -0.462 e. The van der Waals surface area contributed by atoms with Crippen LogP contribution in [-0.2, 0) is 28.5 Å². The maximum absolute atomic E-state index is 13.6. The third kappa shape index (κ3) is 11.3. The van der Waals surface area contributed by atoms with Gasteiger partial charge in [0, 0.05) is 23.8 Å². The molecule has 0 aromatic rings. The molecule has 13 atom stereocenters. The summed E-state index contributed by atoms with van der Waals surface area (Å²) >= 11 is 0. The summed E-state index contributed by atoms with van der Waals surface area (Å²) in [6.07, 6.45) is 2.55. The van der Waals surface area contributed by atoms with Gasteiger partial charge in [0.15, 0.2) is 12.1 Å². The maximum atomic E-state index is 13.6. The second-order valence-corrected chi connectivity index (χ2v) is 15.7. The molecule has 11 nitrogen and oxygen atoms in total. The molecular formula is C37H67N3O8. The molecule has 1 unspecified atom stereocenters. The van der Waals surface area contributed by atoms with Crippen LogP contribution in [0.3, 0.4) is 0 Å². The van der Waals surface area contributed by atoms with Crippen molar-refractivity contribution in [1.82, 2.24) is 14.7 Å². The van der Waals surface area contributed by atoms with E-state index in [4.69, 9.17) is 18.9 Å². The Labute approximate surface area is 290 Å². The monoisotopic (exact) mass is 681 g/mol. The van der Waals surface area contributed by atoms with E-state index in [1.165, 1.54) is 0 Å². The number of ketones is 1. The minimum atomic E-state index is -1.07. The van der Waals surface area contributed by atoms with Gasteiger partial charge in [0.2, 0.25) is 0 Å². The quantitative estimate of drug-likeness (QED) is 0.247. The lowest BCUT2D eigenvalue weighted by Crippen LogP contribution is -2.56. The van der Waals surface area contributed by atoms with Gasteiger partial charge in [-0.1, -0.05) is 27.7 Å². The molecule has 0 aromatic carbocycles. The van der Waals surface area contributed by atoms with Gasteiger partial charge >= 0.3 is 5.97 Å². The van der Waals surface area contributed by atoms with Gasteiger partial charge < -0.3 is 43.9 Å². The first-order valence-corrected chi connectivity index (χ1v) is 18.2. The van der Waals surface area contributed by atoms with Gasteiger partial charge in [-0.05, 0) is 119 Å². The Morgan fingerprint density at radius 1 is 0.979 bits per heavy atom. The van der Waals surface area contributed by atoms with Crippen LogP contribution < -0.4 is 0 Å². The van der Waals surface area contributed by atoms with Gasteiger partial charge in [-0.25, -0.2) is 0 Å². The molecule has 0 aromatic heterocycles. The van der Waals surface area contributed by atoms with Crippen molar-refractivity contribution in [2.75, 3.05) is 54.9 Å². The highest BCUT2D eigenvalue weighted by Crippen LogP contribution is 2.45. The SMILES string of the molecule is CC[C@H]1OC(=O)C[C@@H](O)[C@H](C)[C@@H](O[C@@H]2O[C@H](C)C[C@H](N(C)C)[C@H]2O)[C@@H](CCN(C)CCCN(C)C)C[C@@H](C)C(=O)/C=C/[C@]2(C)OC2[C@@H]1C. The molecule has 0 amide bonds. The fraction of sp³-hybridized carbons (Fsp3) is 0.892. The molecule has 3 aliphatic rings. The van der Waals surface area contributed by atoms with E-state index in [1.54, 1.807) is 6.08 Å². The van der Waals surface area contributed by atoms with Gasteiger partial charge in [0.25, 0.3) is 0 Å². The second-order valence-electron chi connectivity index (χ2n) is 15.7. The predicted octanol–water partition coefficient (Wildman–Crippen LogP) is 3.36. The van der Waals surface area contributed by atoms with Crippen LogP contribution in [0, 0.1) is 23.7 Å². The fourth-order valence-corrected chi connectivity index (χ4v) is 7.58. The Morgan fingerprint density at radius 2 is 1.67 bits per heavy atom. The van der Waals surface area contributed by atoms with Crippen LogP contribution in [0.4, 0.5) is 0 Å². The van der Waals surface area contributed by atoms with E-state index in [2.05, 4.69) is 30.9 Å². The van der Waals surface area contributed by atoms with Crippen LogP contribution in [0.25, 0.3) is 0 Å². The van der Waals surface area contributed by atoms with Crippen LogP contribution in [0.5, 0.6) is 0 Å². The lowest BCUT2D eigenvalue weighted by molar-refractivity contribution is -0.283. The Bertz CT molecular complexity index is 1060. The minimum absolute atomic E-state index is 0.00947. The number of cyclic esters (lactones) is 1. The molecule has 0 spiro atoms. The summed E-state index contributed by atoms with van der Waals surface area (Å²) in [4.78, 5) is 33.4. The third-order valence-corrected chi connectivity index (χ3v) is 10.9. The van der Waals surface area contributed by atoms with E-state index >= 15 is 0 Å². The van der Waals surface area contributed by atoms with Crippen LogP contribution in [-0.4, -0.2) is 146 Å². The summed E-state index contributed by atoms with van der Waals surface area (Å²) < 4.78 is 25.0. The number of hydrogen-bond donors (Lipinski definition) is 2. The van der Waals surface area contributed by atoms with Gasteiger partial charge in [-0.15, -0.1) is 0 Å². The largest absolute Gasteiger partial charge is 0.462 e.